The highest BCUT2D eigenvalue weighted by Gasteiger charge is 2.34. The molecule has 1 aromatic rings. The van der Waals surface area contributed by atoms with Gasteiger partial charge in [0, 0.05) is 12.2 Å². The Labute approximate surface area is 114 Å². The summed E-state index contributed by atoms with van der Waals surface area (Å²) in [4.78, 5) is 11.7. The van der Waals surface area contributed by atoms with Gasteiger partial charge in [-0.15, -0.1) is 0 Å². The van der Waals surface area contributed by atoms with Gasteiger partial charge in [0.25, 0.3) is 0 Å². The second-order valence-corrected chi connectivity index (χ2v) is 5.66. The molecule has 0 aromatic heterocycles. The maximum Gasteiger partial charge on any atom is 0.319 e. The first-order valence-corrected chi connectivity index (χ1v) is 6.86. The van der Waals surface area contributed by atoms with Crippen molar-refractivity contribution in [1.29, 1.82) is 0 Å². The van der Waals surface area contributed by atoms with Crippen molar-refractivity contribution in [3.05, 3.63) is 29.8 Å². The maximum absolute atomic E-state index is 11.7. The Balaban J connectivity index is 1.81. The smallest absolute Gasteiger partial charge is 0.319 e. The molecular formula is C15H22N2O2. The molecule has 19 heavy (non-hydrogen) atoms. The second kappa shape index (κ2) is 5.61. The summed E-state index contributed by atoms with van der Waals surface area (Å²) in [6, 6.07) is 7.55. The Morgan fingerprint density at radius 2 is 1.95 bits per heavy atom. The van der Waals surface area contributed by atoms with E-state index in [0.29, 0.717) is 12.5 Å². The van der Waals surface area contributed by atoms with Gasteiger partial charge in [-0.3, -0.25) is 0 Å². The van der Waals surface area contributed by atoms with Gasteiger partial charge in [0.15, 0.2) is 0 Å². The van der Waals surface area contributed by atoms with Crippen LogP contribution in [0, 0.1) is 0 Å². The summed E-state index contributed by atoms with van der Waals surface area (Å²) in [5.74, 6) is 0.482. The fourth-order valence-electron chi connectivity index (χ4n) is 2.13. The van der Waals surface area contributed by atoms with Gasteiger partial charge in [-0.2, -0.15) is 0 Å². The van der Waals surface area contributed by atoms with Crippen molar-refractivity contribution in [1.82, 2.24) is 5.32 Å². The maximum atomic E-state index is 11.7. The summed E-state index contributed by atoms with van der Waals surface area (Å²) in [5.41, 5.74) is 1.33. The molecule has 2 rings (SSSR count). The van der Waals surface area contributed by atoms with Crippen LogP contribution in [-0.2, 0) is 0 Å². The first-order chi connectivity index (χ1) is 8.98. The lowest BCUT2D eigenvalue weighted by Crippen LogP contribution is -2.48. The molecular weight excluding hydrogens is 240 g/mol. The molecule has 1 aromatic carbocycles. The van der Waals surface area contributed by atoms with Crippen molar-refractivity contribution in [2.75, 3.05) is 11.9 Å². The third kappa shape index (κ3) is 3.70. The van der Waals surface area contributed by atoms with E-state index in [0.717, 1.165) is 24.9 Å². The van der Waals surface area contributed by atoms with Crippen LogP contribution in [0.15, 0.2) is 24.3 Å². The molecule has 0 aliphatic heterocycles. The number of hydrogen-bond donors (Lipinski definition) is 3. The average Bonchev–Trinajstić information content (AvgIpc) is 2.35. The van der Waals surface area contributed by atoms with Gasteiger partial charge >= 0.3 is 6.03 Å². The Hall–Kier alpha value is -1.55. The zero-order valence-corrected chi connectivity index (χ0v) is 11.6. The Bertz CT molecular complexity index is 436. The van der Waals surface area contributed by atoms with Crippen molar-refractivity contribution < 1.29 is 9.90 Å². The van der Waals surface area contributed by atoms with E-state index in [1.165, 1.54) is 5.56 Å². The van der Waals surface area contributed by atoms with E-state index in [1.807, 2.05) is 24.3 Å². The quantitative estimate of drug-likeness (QED) is 0.781. The third-order valence-corrected chi connectivity index (χ3v) is 3.70. The molecule has 0 heterocycles. The second-order valence-electron chi connectivity index (χ2n) is 5.66. The van der Waals surface area contributed by atoms with E-state index >= 15 is 0 Å². The van der Waals surface area contributed by atoms with Crippen molar-refractivity contribution in [3.63, 3.8) is 0 Å². The Morgan fingerprint density at radius 1 is 1.32 bits per heavy atom. The highest BCUT2D eigenvalue weighted by atomic mass is 16.3. The zero-order chi connectivity index (χ0) is 13.9. The van der Waals surface area contributed by atoms with Gasteiger partial charge in [0.05, 0.1) is 5.60 Å². The van der Waals surface area contributed by atoms with E-state index < -0.39 is 5.60 Å². The third-order valence-electron chi connectivity index (χ3n) is 3.70. The highest BCUT2D eigenvalue weighted by Crippen LogP contribution is 2.30. The predicted molar refractivity (Wildman–Crippen MR) is 76.4 cm³/mol. The number of nitrogens with one attached hydrogen (secondary N) is 2. The van der Waals surface area contributed by atoms with Crippen LogP contribution in [0.4, 0.5) is 10.5 Å². The minimum absolute atomic E-state index is 0.266. The number of urea groups is 1. The fraction of sp³-hybridized carbons (Fsp3) is 0.533. The number of carbonyl (C=O) groups is 1. The highest BCUT2D eigenvalue weighted by molar-refractivity contribution is 5.89. The summed E-state index contributed by atoms with van der Waals surface area (Å²) in [6.45, 7) is 4.59. The van der Waals surface area contributed by atoms with Crippen LogP contribution in [0.25, 0.3) is 0 Å². The molecule has 0 saturated heterocycles. The van der Waals surface area contributed by atoms with Crippen LogP contribution in [0.5, 0.6) is 0 Å². The lowest BCUT2D eigenvalue weighted by molar-refractivity contribution is -0.0287. The molecule has 1 fully saturated rings. The van der Waals surface area contributed by atoms with Crippen molar-refractivity contribution in [3.8, 4) is 0 Å². The molecule has 1 aliphatic carbocycles. The molecule has 1 saturated carbocycles. The molecule has 104 valence electrons. The molecule has 4 heteroatoms. The van der Waals surface area contributed by atoms with Crippen LogP contribution in [0.2, 0.25) is 0 Å². The van der Waals surface area contributed by atoms with E-state index in [4.69, 9.17) is 0 Å². The molecule has 2 amide bonds. The van der Waals surface area contributed by atoms with Gasteiger partial charge in [-0.05, 0) is 42.9 Å². The van der Waals surface area contributed by atoms with Crippen LogP contribution in [0.3, 0.4) is 0 Å². The summed E-state index contributed by atoms with van der Waals surface area (Å²) < 4.78 is 0. The average molecular weight is 262 g/mol. The van der Waals surface area contributed by atoms with Gasteiger partial charge in [-0.1, -0.05) is 26.0 Å². The van der Waals surface area contributed by atoms with E-state index in [-0.39, 0.29) is 6.03 Å². The van der Waals surface area contributed by atoms with Gasteiger partial charge in [-0.25, -0.2) is 4.79 Å². The van der Waals surface area contributed by atoms with E-state index in [1.54, 1.807) is 0 Å². The lowest BCUT2D eigenvalue weighted by atomic mass is 9.80. The first-order valence-electron chi connectivity index (χ1n) is 6.86. The largest absolute Gasteiger partial charge is 0.388 e. The first kappa shape index (κ1) is 13.9. The molecule has 0 spiro atoms. The summed E-state index contributed by atoms with van der Waals surface area (Å²) in [5, 5.41) is 15.4. The van der Waals surface area contributed by atoms with Crippen molar-refractivity contribution >= 4 is 11.7 Å². The molecule has 0 unspecified atom stereocenters. The van der Waals surface area contributed by atoms with Crippen molar-refractivity contribution in [2.24, 2.45) is 0 Å². The van der Waals surface area contributed by atoms with Crippen LogP contribution in [-0.4, -0.2) is 23.3 Å². The number of hydrogen-bond acceptors (Lipinski definition) is 2. The number of aliphatic hydroxyl groups is 1. The van der Waals surface area contributed by atoms with Gasteiger partial charge in [0.1, 0.15) is 0 Å². The predicted octanol–water partition coefficient (Wildman–Crippen LogP) is 2.85. The lowest BCUT2D eigenvalue weighted by Gasteiger charge is -2.36. The summed E-state index contributed by atoms with van der Waals surface area (Å²) in [7, 11) is 0. The molecule has 1 aliphatic rings. The Kier molecular flexibility index (Phi) is 4.10. The molecule has 0 atom stereocenters. The monoisotopic (exact) mass is 262 g/mol. The number of amides is 2. The number of carbonyl (C=O) groups excluding carboxylic acids is 1. The summed E-state index contributed by atoms with van der Waals surface area (Å²) in [6.07, 6.45) is 2.59. The topological polar surface area (TPSA) is 61.4 Å². The van der Waals surface area contributed by atoms with E-state index in [9.17, 15) is 9.90 Å². The minimum Gasteiger partial charge on any atom is -0.388 e. The minimum atomic E-state index is -0.682. The van der Waals surface area contributed by atoms with Crippen molar-refractivity contribution in [2.45, 2.75) is 44.6 Å². The number of anilines is 1. The summed E-state index contributed by atoms with van der Waals surface area (Å²) >= 11 is 0. The van der Waals surface area contributed by atoms with Gasteiger partial charge in [0.2, 0.25) is 0 Å². The van der Waals surface area contributed by atoms with Gasteiger partial charge < -0.3 is 15.7 Å². The molecule has 3 N–H and O–H groups in total. The Morgan fingerprint density at radius 3 is 2.42 bits per heavy atom. The SMILES string of the molecule is CC(C)c1ccc(NC(=O)NCC2(O)CCC2)cc1. The molecule has 0 radical (unpaired) electrons. The number of rotatable bonds is 4. The van der Waals surface area contributed by atoms with Crippen LogP contribution >= 0.6 is 0 Å². The van der Waals surface area contributed by atoms with Crippen LogP contribution < -0.4 is 10.6 Å². The normalized spacial score (nSPS) is 16.8. The molecule has 4 nitrogen and oxygen atoms in total. The molecule has 0 bridgehead atoms. The zero-order valence-electron chi connectivity index (χ0n) is 11.6. The fourth-order valence-corrected chi connectivity index (χ4v) is 2.13. The number of benzene rings is 1. The van der Waals surface area contributed by atoms with Crippen LogP contribution in [0.1, 0.15) is 44.6 Å². The standard InChI is InChI=1S/C15H22N2O2/c1-11(2)12-4-6-13(7-5-12)17-14(18)16-10-15(19)8-3-9-15/h4-7,11,19H,3,8-10H2,1-2H3,(H2,16,17,18). The van der Waals surface area contributed by atoms with E-state index in [2.05, 4.69) is 24.5 Å².